The van der Waals surface area contributed by atoms with Gasteiger partial charge in [-0.05, 0) is 49.0 Å². The van der Waals surface area contributed by atoms with Crippen molar-refractivity contribution in [2.24, 2.45) is 5.73 Å². The molecule has 0 saturated heterocycles. The fraction of sp³-hybridized carbons (Fsp3) is 0.533. The molecule has 0 bridgehead atoms. The molecule has 0 aliphatic heterocycles. The highest BCUT2D eigenvalue weighted by atomic mass is 35.5. The second-order valence-electron chi connectivity index (χ2n) is 5.40. The Bertz CT molecular complexity index is 480. The third-order valence-electron chi connectivity index (χ3n) is 3.86. The molecule has 1 atom stereocenters. The van der Waals surface area contributed by atoms with Crippen LogP contribution in [-0.2, 0) is 10.2 Å². The quantitative estimate of drug-likeness (QED) is 0.796. The Kier molecular flexibility index (Phi) is 7.34. The summed E-state index contributed by atoms with van der Waals surface area (Å²) in [5, 5.41) is 3.74. The molecule has 0 radical (unpaired) electrons. The topological polar surface area (TPSA) is 55.1 Å². The van der Waals surface area contributed by atoms with E-state index in [1.807, 2.05) is 24.5 Å². The molecule has 1 amide bonds. The number of hydrogen-bond acceptors (Lipinski definition) is 3. The summed E-state index contributed by atoms with van der Waals surface area (Å²) in [4.78, 5) is 12.0. The smallest absolute Gasteiger partial charge is 0.236 e. The van der Waals surface area contributed by atoms with E-state index in [1.54, 1.807) is 11.8 Å². The fourth-order valence-electron chi connectivity index (χ4n) is 2.30. The van der Waals surface area contributed by atoms with Crippen molar-refractivity contribution in [2.45, 2.75) is 30.7 Å². The van der Waals surface area contributed by atoms with Crippen LogP contribution in [-0.4, -0.2) is 30.5 Å². The van der Waals surface area contributed by atoms with E-state index in [9.17, 15) is 4.79 Å². The summed E-state index contributed by atoms with van der Waals surface area (Å²) in [6.45, 7) is 0.652. The predicted octanol–water partition coefficient (Wildman–Crippen LogP) is 2.99. The molecule has 21 heavy (non-hydrogen) atoms. The van der Waals surface area contributed by atoms with Gasteiger partial charge in [-0.2, -0.15) is 11.8 Å². The van der Waals surface area contributed by atoms with Crippen molar-refractivity contribution < 1.29 is 4.79 Å². The summed E-state index contributed by atoms with van der Waals surface area (Å²) in [6, 6.07) is 7.51. The number of amides is 1. The van der Waals surface area contributed by atoms with Gasteiger partial charge in [0, 0.05) is 17.0 Å². The predicted molar refractivity (Wildman–Crippen MR) is 93.6 cm³/mol. The van der Waals surface area contributed by atoms with Gasteiger partial charge in [0.15, 0.2) is 0 Å². The number of carbonyl (C=O) groups is 1. The number of nitrogens with two attached hydrogens (primary N) is 1. The summed E-state index contributed by atoms with van der Waals surface area (Å²) >= 11 is 7.75. The van der Waals surface area contributed by atoms with Crippen LogP contribution in [0.1, 0.15) is 24.8 Å². The number of rotatable bonds is 7. The monoisotopic (exact) mass is 348 g/mol. The van der Waals surface area contributed by atoms with Crippen molar-refractivity contribution in [1.82, 2.24) is 5.32 Å². The standard InChI is InChI=1S/C15H21ClN2OS.ClH/c1-20-8-5-13(17)14(19)18-10-15(6-7-15)11-3-2-4-12(16)9-11;/h2-4,9,13H,5-8,10,17H2,1H3,(H,18,19);1H/t13-;/m0./s1. The molecule has 3 N–H and O–H groups in total. The lowest BCUT2D eigenvalue weighted by Gasteiger charge is -2.19. The van der Waals surface area contributed by atoms with Gasteiger partial charge >= 0.3 is 0 Å². The van der Waals surface area contributed by atoms with Crippen molar-refractivity contribution in [3.8, 4) is 0 Å². The Labute approximate surface area is 141 Å². The van der Waals surface area contributed by atoms with E-state index in [-0.39, 0.29) is 23.7 Å². The van der Waals surface area contributed by atoms with Gasteiger partial charge in [-0.3, -0.25) is 4.79 Å². The second-order valence-corrected chi connectivity index (χ2v) is 6.82. The molecule has 1 aromatic rings. The number of nitrogens with one attached hydrogen (secondary N) is 1. The normalized spacial score (nSPS) is 16.7. The van der Waals surface area contributed by atoms with Crippen LogP contribution in [0.3, 0.4) is 0 Å². The SMILES string of the molecule is CSCC[C@H](N)C(=O)NCC1(c2cccc(Cl)c2)CC1.Cl. The van der Waals surface area contributed by atoms with Gasteiger partial charge < -0.3 is 11.1 Å². The zero-order valence-electron chi connectivity index (χ0n) is 12.1. The molecule has 1 aliphatic rings. The molecular formula is C15H22Cl2N2OS. The van der Waals surface area contributed by atoms with E-state index >= 15 is 0 Å². The third-order valence-corrected chi connectivity index (χ3v) is 4.74. The molecule has 0 unspecified atom stereocenters. The van der Waals surface area contributed by atoms with Crippen LogP contribution in [0.4, 0.5) is 0 Å². The van der Waals surface area contributed by atoms with E-state index in [4.69, 9.17) is 17.3 Å². The molecule has 2 rings (SSSR count). The zero-order chi connectivity index (χ0) is 14.6. The minimum absolute atomic E-state index is 0. The third kappa shape index (κ3) is 5.06. The Balaban J connectivity index is 0.00000220. The highest BCUT2D eigenvalue weighted by molar-refractivity contribution is 7.98. The maximum absolute atomic E-state index is 12.0. The molecule has 0 heterocycles. The summed E-state index contributed by atoms with van der Waals surface area (Å²) in [5.74, 6) is 0.862. The van der Waals surface area contributed by atoms with Crippen LogP contribution >= 0.6 is 35.8 Å². The lowest BCUT2D eigenvalue weighted by Crippen LogP contribution is -2.43. The highest BCUT2D eigenvalue weighted by Gasteiger charge is 2.44. The molecule has 0 aromatic heterocycles. The number of hydrogen-bond donors (Lipinski definition) is 2. The minimum atomic E-state index is -0.405. The van der Waals surface area contributed by atoms with E-state index in [2.05, 4.69) is 11.4 Å². The molecule has 1 saturated carbocycles. The largest absolute Gasteiger partial charge is 0.354 e. The van der Waals surface area contributed by atoms with Crippen molar-refractivity contribution in [2.75, 3.05) is 18.6 Å². The Morgan fingerprint density at radius 3 is 2.81 bits per heavy atom. The number of halogens is 2. The van der Waals surface area contributed by atoms with Gasteiger partial charge in [-0.1, -0.05) is 23.7 Å². The average molecular weight is 349 g/mol. The molecule has 6 heteroatoms. The van der Waals surface area contributed by atoms with Crippen LogP contribution < -0.4 is 11.1 Å². The lowest BCUT2D eigenvalue weighted by atomic mass is 9.96. The summed E-state index contributed by atoms with van der Waals surface area (Å²) in [7, 11) is 0. The Morgan fingerprint density at radius 1 is 1.52 bits per heavy atom. The van der Waals surface area contributed by atoms with E-state index in [1.165, 1.54) is 5.56 Å². The zero-order valence-corrected chi connectivity index (χ0v) is 14.5. The van der Waals surface area contributed by atoms with Crippen LogP contribution in [0, 0.1) is 0 Å². The first kappa shape index (κ1) is 18.6. The first-order valence-electron chi connectivity index (χ1n) is 6.86. The number of thioether (sulfide) groups is 1. The Morgan fingerprint density at radius 2 is 2.24 bits per heavy atom. The van der Waals surface area contributed by atoms with Gasteiger partial charge in [0.2, 0.25) is 5.91 Å². The van der Waals surface area contributed by atoms with Crippen LogP contribution in [0.5, 0.6) is 0 Å². The first-order chi connectivity index (χ1) is 9.57. The van der Waals surface area contributed by atoms with E-state index in [0.717, 1.165) is 30.0 Å². The molecule has 3 nitrogen and oxygen atoms in total. The fourth-order valence-corrected chi connectivity index (χ4v) is 2.98. The van der Waals surface area contributed by atoms with Gasteiger partial charge in [-0.25, -0.2) is 0 Å². The van der Waals surface area contributed by atoms with Crippen LogP contribution in [0.25, 0.3) is 0 Å². The van der Waals surface area contributed by atoms with Crippen LogP contribution in [0.2, 0.25) is 5.02 Å². The summed E-state index contributed by atoms with van der Waals surface area (Å²) < 4.78 is 0. The second kappa shape index (κ2) is 8.28. The minimum Gasteiger partial charge on any atom is -0.354 e. The van der Waals surface area contributed by atoms with Crippen molar-refractivity contribution in [1.29, 1.82) is 0 Å². The number of benzene rings is 1. The molecule has 1 aliphatic carbocycles. The number of carbonyl (C=O) groups excluding carboxylic acids is 1. The average Bonchev–Trinajstić information content (AvgIpc) is 3.23. The van der Waals surface area contributed by atoms with Gasteiger partial charge in [0.1, 0.15) is 0 Å². The van der Waals surface area contributed by atoms with Crippen molar-refractivity contribution in [3.05, 3.63) is 34.9 Å². The highest BCUT2D eigenvalue weighted by Crippen LogP contribution is 2.48. The molecule has 118 valence electrons. The molecule has 1 fully saturated rings. The first-order valence-corrected chi connectivity index (χ1v) is 8.63. The van der Waals surface area contributed by atoms with Crippen molar-refractivity contribution in [3.63, 3.8) is 0 Å². The van der Waals surface area contributed by atoms with Gasteiger partial charge in [0.05, 0.1) is 6.04 Å². The van der Waals surface area contributed by atoms with Crippen LogP contribution in [0.15, 0.2) is 24.3 Å². The van der Waals surface area contributed by atoms with E-state index < -0.39 is 6.04 Å². The summed E-state index contributed by atoms with van der Waals surface area (Å²) in [6.07, 6.45) is 4.92. The van der Waals surface area contributed by atoms with Crippen molar-refractivity contribution >= 4 is 41.7 Å². The molecule has 1 aromatic carbocycles. The van der Waals surface area contributed by atoms with Gasteiger partial charge in [0.25, 0.3) is 0 Å². The molecule has 0 spiro atoms. The maximum atomic E-state index is 12.0. The summed E-state index contributed by atoms with van der Waals surface area (Å²) in [5.41, 5.74) is 7.15. The molecular weight excluding hydrogens is 327 g/mol. The van der Waals surface area contributed by atoms with Gasteiger partial charge in [-0.15, -0.1) is 12.4 Å². The maximum Gasteiger partial charge on any atom is 0.236 e. The lowest BCUT2D eigenvalue weighted by molar-refractivity contribution is -0.122. The van der Waals surface area contributed by atoms with E-state index in [0.29, 0.717) is 6.54 Å². The Hall–Kier alpha value is -0.420.